The summed E-state index contributed by atoms with van der Waals surface area (Å²) in [4.78, 5) is 8.28. The number of benzene rings is 2. The van der Waals surface area contributed by atoms with Gasteiger partial charge < -0.3 is 9.47 Å². The third kappa shape index (κ3) is 6.92. The van der Waals surface area contributed by atoms with Crippen LogP contribution in [0.1, 0.15) is 49.8 Å². The number of aromatic nitrogens is 2. The number of rotatable bonds is 10. The molecule has 0 bridgehead atoms. The van der Waals surface area contributed by atoms with Crippen molar-refractivity contribution in [1.29, 1.82) is 0 Å². The molecule has 0 fully saturated rings. The molecule has 0 saturated heterocycles. The van der Waals surface area contributed by atoms with Crippen LogP contribution in [0.3, 0.4) is 0 Å². The van der Waals surface area contributed by atoms with Gasteiger partial charge in [0.2, 0.25) is 0 Å². The molecule has 3 rings (SSSR count). The third-order valence-corrected chi connectivity index (χ3v) is 6.31. The van der Waals surface area contributed by atoms with E-state index in [4.69, 9.17) is 21.1 Å². The minimum Gasteiger partial charge on any atom is -0.492 e. The molecule has 0 spiro atoms. The average Bonchev–Trinajstić information content (AvgIpc) is 2.76. The summed E-state index contributed by atoms with van der Waals surface area (Å²) in [6.07, 6.45) is 3.63. The van der Waals surface area contributed by atoms with Gasteiger partial charge in [0, 0.05) is 17.9 Å². The van der Waals surface area contributed by atoms with Gasteiger partial charge in [0.25, 0.3) is 0 Å². The predicted octanol–water partition coefficient (Wildman–Crippen LogP) is 5.37. The molecular formula is C25H29ClN2O4S. The Morgan fingerprint density at radius 3 is 2.33 bits per heavy atom. The van der Waals surface area contributed by atoms with Gasteiger partial charge >= 0.3 is 0 Å². The highest BCUT2D eigenvalue weighted by molar-refractivity contribution is 7.89. The first-order chi connectivity index (χ1) is 15.6. The van der Waals surface area contributed by atoms with Crippen molar-refractivity contribution >= 4 is 21.4 Å². The van der Waals surface area contributed by atoms with Gasteiger partial charge in [0.15, 0.2) is 9.84 Å². The lowest BCUT2D eigenvalue weighted by Crippen LogP contribution is -2.19. The molecule has 8 heteroatoms. The van der Waals surface area contributed by atoms with Crippen LogP contribution in [-0.2, 0) is 27.6 Å². The Morgan fingerprint density at radius 2 is 1.70 bits per heavy atom. The van der Waals surface area contributed by atoms with Crippen LogP contribution < -0.4 is 9.47 Å². The SMILES string of the molecule is CCCOc1ccc(C(C)(C)c2ccc(OCc3ccnc(CS(C)(=O)=O)n3)cc2)cc1Cl. The van der Waals surface area contributed by atoms with E-state index in [2.05, 4.69) is 30.7 Å². The highest BCUT2D eigenvalue weighted by Crippen LogP contribution is 2.36. The molecule has 1 aromatic heterocycles. The third-order valence-electron chi connectivity index (χ3n) is 5.23. The van der Waals surface area contributed by atoms with Gasteiger partial charge in [-0.2, -0.15) is 0 Å². The molecule has 0 atom stereocenters. The van der Waals surface area contributed by atoms with Crippen LogP contribution in [0.15, 0.2) is 54.7 Å². The Balaban J connectivity index is 1.68. The fraction of sp³-hybridized carbons (Fsp3) is 0.360. The van der Waals surface area contributed by atoms with E-state index >= 15 is 0 Å². The molecule has 0 aliphatic carbocycles. The van der Waals surface area contributed by atoms with Gasteiger partial charge in [-0.15, -0.1) is 0 Å². The molecule has 0 amide bonds. The van der Waals surface area contributed by atoms with Crippen molar-refractivity contribution < 1.29 is 17.9 Å². The van der Waals surface area contributed by atoms with E-state index in [1.807, 2.05) is 42.5 Å². The molecule has 0 saturated carbocycles. The van der Waals surface area contributed by atoms with Gasteiger partial charge in [-0.25, -0.2) is 18.4 Å². The van der Waals surface area contributed by atoms with Gasteiger partial charge in [0.1, 0.15) is 29.7 Å². The summed E-state index contributed by atoms with van der Waals surface area (Å²) in [5.74, 6) is 1.46. The second-order valence-electron chi connectivity index (χ2n) is 8.47. The maximum Gasteiger partial charge on any atom is 0.154 e. The first-order valence-electron chi connectivity index (χ1n) is 10.7. The van der Waals surface area contributed by atoms with Gasteiger partial charge in [-0.05, 0) is 47.9 Å². The molecule has 0 N–H and O–H groups in total. The molecule has 2 aromatic carbocycles. The van der Waals surface area contributed by atoms with Crippen LogP contribution in [0.4, 0.5) is 0 Å². The Labute approximate surface area is 200 Å². The monoisotopic (exact) mass is 488 g/mol. The van der Waals surface area contributed by atoms with E-state index in [0.717, 1.165) is 23.8 Å². The Kier molecular flexibility index (Phi) is 7.97. The number of hydrogen-bond donors (Lipinski definition) is 0. The molecule has 3 aromatic rings. The maximum atomic E-state index is 11.5. The molecule has 0 unspecified atom stereocenters. The number of nitrogens with zero attached hydrogens (tertiary/aromatic N) is 2. The second-order valence-corrected chi connectivity index (χ2v) is 11.0. The van der Waals surface area contributed by atoms with Crippen LogP contribution in [0.2, 0.25) is 5.02 Å². The summed E-state index contributed by atoms with van der Waals surface area (Å²) >= 11 is 6.44. The summed E-state index contributed by atoms with van der Waals surface area (Å²) in [6.45, 7) is 7.20. The van der Waals surface area contributed by atoms with Crippen molar-refractivity contribution in [3.8, 4) is 11.5 Å². The Morgan fingerprint density at radius 1 is 1.00 bits per heavy atom. The summed E-state index contributed by atoms with van der Waals surface area (Å²) in [5.41, 5.74) is 2.56. The molecular weight excluding hydrogens is 460 g/mol. The zero-order valence-corrected chi connectivity index (χ0v) is 20.9. The zero-order valence-electron chi connectivity index (χ0n) is 19.3. The first kappa shape index (κ1) is 25.0. The Hall–Kier alpha value is -2.64. The summed E-state index contributed by atoms with van der Waals surface area (Å²) in [5, 5.41) is 0.606. The van der Waals surface area contributed by atoms with Crippen molar-refractivity contribution in [1.82, 2.24) is 9.97 Å². The van der Waals surface area contributed by atoms with Crippen molar-refractivity contribution in [2.75, 3.05) is 12.9 Å². The average molecular weight is 489 g/mol. The smallest absolute Gasteiger partial charge is 0.154 e. The van der Waals surface area contributed by atoms with Crippen molar-refractivity contribution in [2.24, 2.45) is 0 Å². The molecule has 0 radical (unpaired) electrons. The molecule has 0 aliphatic heterocycles. The highest BCUT2D eigenvalue weighted by Gasteiger charge is 2.24. The fourth-order valence-electron chi connectivity index (χ4n) is 3.34. The summed E-state index contributed by atoms with van der Waals surface area (Å²) in [7, 11) is -3.19. The second kappa shape index (κ2) is 10.5. The highest BCUT2D eigenvalue weighted by atomic mass is 35.5. The van der Waals surface area contributed by atoms with E-state index in [0.29, 0.717) is 28.8 Å². The van der Waals surface area contributed by atoms with E-state index in [9.17, 15) is 8.42 Å². The van der Waals surface area contributed by atoms with E-state index in [1.54, 1.807) is 12.3 Å². The minimum absolute atomic E-state index is 0.194. The molecule has 1 heterocycles. The number of ether oxygens (including phenoxy) is 2. The van der Waals surface area contributed by atoms with Crippen molar-refractivity contribution in [2.45, 2.75) is 45.0 Å². The first-order valence-corrected chi connectivity index (χ1v) is 13.2. The van der Waals surface area contributed by atoms with Crippen molar-refractivity contribution in [3.63, 3.8) is 0 Å². The molecule has 6 nitrogen and oxygen atoms in total. The lowest BCUT2D eigenvalue weighted by atomic mass is 9.78. The summed E-state index contributed by atoms with van der Waals surface area (Å²) in [6, 6.07) is 15.5. The standard InChI is InChI=1S/C25H29ClN2O4S/c1-5-14-31-23-11-8-19(15-22(23)26)25(2,3)18-6-9-21(10-7-18)32-16-20-12-13-27-24(28-20)17-33(4,29)30/h6-13,15H,5,14,16-17H2,1-4H3. The minimum atomic E-state index is -3.19. The maximum absolute atomic E-state index is 11.5. The number of halogens is 1. The topological polar surface area (TPSA) is 78.4 Å². The largest absolute Gasteiger partial charge is 0.492 e. The Bertz CT molecular complexity index is 1200. The normalized spacial score (nSPS) is 11.9. The van der Waals surface area contributed by atoms with Gasteiger partial charge in [-0.1, -0.05) is 50.6 Å². The van der Waals surface area contributed by atoms with E-state index < -0.39 is 9.84 Å². The number of sulfone groups is 1. The lowest BCUT2D eigenvalue weighted by molar-refractivity contribution is 0.300. The van der Waals surface area contributed by atoms with E-state index in [-0.39, 0.29) is 23.6 Å². The van der Waals surface area contributed by atoms with Crippen LogP contribution in [0.25, 0.3) is 0 Å². The van der Waals surface area contributed by atoms with E-state index in [1.165, 1.54) is 0 Å². The van der Waals surface area contributed by atoms with Crippen LogP contribution in [0.5, 0.6) is 11.5 Å². The van der Waals surface area contributed by atoms with Crippen LogP contribution in [0, 0.1) is 0 Å². The fourth-order valence-corrected chi connectivity index (χ4v) is 4.18. The van der Waals surface area contributed by atoms with Crippen molar-refractivity contribution in [3.05, 3.63) is 82.4 Å². The van der Waals surface area contributed by atoms with Gasteiger partial charge in [-0.3, -0.25) is 0 Å². The molecule has 33 heavy (non-hydrogen) atoms. The van der Waals surface area contributed by atoms with Crippen LogP contribution >= 0.6 is 11.6 Å². The number of hydrogen-bond acceptors (Lipinski definition) is 6. The predicted molar refractivity (Wildman–Crippen MR) is 131 cm³/mol. The molecule has 0 aliphatic rings. The lowest BCUT2D eigenvalue weighted by Gasteiger charge is -2.27. The zero-order chi connectivity index (χ0) is 24.1. The van der Waals surface area contributed by atoms with Gasteiger partial charge in [0.05, 0.1) is 17.3 Å². The quantitative estimate of drug-likeness (QED) is 0.382. The van der Waals surface area contributed by atoms with Crippen LogP contribution in [-0.4, -0.2) is 31.2 Å². The molecule has 176 valence electrons. The summed E-state index contributed by atoms with van der Waals surface area (Å²) < 4.78 is 34.4.